The lowest BCUT2D eigenvalue weighted by molar-refractivity contribution is 0.0244. The van der Waals surface area contributed by atoms with Crippen molar-refractivity contribution in [3.8, 4) is 22.5 Å². The summed E-state index contributed by atoms with van der Waals surface area (Å²) in [4.78, 5) is 0. The third kappa shape index (κ3) is 31.3. The molecule has 4 aromatic carbocycles. The number of aromatic nitrogens is 6. The van der Waals surface area contributed by atoms with E-state index in [1.165, 1.54) is 33.4 Å². The van der Waals surface area contributed by atoms with E-state index < -0.39 is 0 Å². The van der Waals surface area contributed by atoms with Crippen LogP contribution in [0.5, 0.6) is 0 Å². The van der Waals surface area contributed by atoms with Crippen LogP contribution in [0.15, 0.2) is 73.1 Å². The van der Waals surface area contributed by atoms with Crippen LogP contribution in [0.2, 0.25) is 0 Å². The minimum absolute atomic E-state index is 0.488. The Labute approximate surface area is 556 Å². The highest BCUT2D eigenvalue weighted by Gasteiger charge is 2.17. The van der Waals surface area contributed by atoms with Crippen LogP contribution in [0.3, 0.4) is 0 Å². The first-order chi connectivity index (χ1) is 46.5. The normalized spacial score (nSPS) is 11.8. The fourth-order valence-electron chi connectivity index (χ4n) is 10.3. The number of rotatable bonds is 60. The molecule has 2 heterocycles. The van der Waals surface area contributed by atoms with Crippen molar-refractivity contribution in [2.45, 2.75) is 51.6 Å². The Balaban J connectivity index is 1.16. The van der Waals surface area contributed by atoms with Crippen molar-refractivity contribution in [2.75, 3.05) is 241 Å². The molecule has 0 atom stereocenters. The molecular weight excluding hydrogens is 1210 g/mol. The highest BCUT2D eigenvalue weighted by molar-refractivity contribution is 5.90. The molecule has 24 nitrogen and oxygen atoms in total. The Kier molecular flexibility index (Phi) is 41.4. The number of hydrogen-bond donors (Lipinski definition) is 0. The van der Waals surface area contributed by atoms with Gasteiger partial charge in [-0.3, -0.25) is 0 Å². The van der Waals surface area contributed by atoms with E-state index in [9.17, 15) is 0 Å². The summed E-state index contributed by atoms with van der Waals surface area (Å²) >= 11 is 0. The molecule has 0 aliphatic rings. The van der Waals surface area contributed by atoms with Gasteiger partial charge < -0.3 is 85.3 Å². The van der Waals surface area contributed by atoms with Gasteiger partial charge in [0, 0.05) is 53.8 Å². The maximum absolute atomic E-state index is 6.09. The van der Waals surface area contributed by atoms with E-state index in [0.29, 0.717) is 237 Å². The number of fused-ring (bicyclic) bond motifs is 1. The summed E-state index contributed by atoms with van der Waals surface area (Å²) in [7, 11) is 9.98. The van der Waals surface area contributed by atoms with Crippen molar-refractivity contribution in [1.82, 2.24) is 30.0 Å². The first kappa shape index (κ1) is 77.7. The monoisotopic (exact) mass is 1320 g/mol. The summed E-state index contributed by atoms with van der Waals surface area (Å²) in [6.45, 7) is 16.6. The SMILES string of the molecule is COCCOCCOCCc1cc(Cn2cc(-c3ccc4cc(-c5cn(Cc6cc(CCOCCOCCOC)c(CCOCCOCCOC)c(CCOCCOCCOC)c6)nn5)ccc4c3)nn2)cc(CCOCCOCCOC)c1CCOCCOCCOC. The molecule has 94 heavy (non-hydrogen) atoms. The Morgan fingerprint density at radius 3 is 0.755 bits per heavy atom. The van der Waals surface area contributed by atoms with E-state index in [1.54, 1.807) is 42.7 Å². The molecular formula is C70H106N6O18. The summed E-state index contributed by atoms with van der Waals surface area (Å²) < 4.78 is 105. The Morgan fingerprint density at radius 1 is 0.266 bits per heavy atom. The lowest BCUT2D eigenvalue weighted by atomic mass is 9.92. The molecule has 2 aromatic heterocycles. The predicted octanol–water partition coefficient (Wildman–Crippen LogP) is 6.79. The lowest BCUT2D eigenvalue weighted by Crippen LogP contribution is -2.15. The smallest absolute Gasteiger partial charge is 0.113 e. The van der Waals surface area contributed by atoms with Gasteiger partial charge in [-0.05, 0) is 106 Å². The molecule has 0 fully saturated rings. The van der Waals surface area contributed by atoms with E-state index in [4.69, 9.17) is 85.3 Å². The van der Waals surface area contributed by atoms with Crippen molar-refractivity contribution in [3.63, 3.8) is 0 Å². The Hall–Kier alpha value is -5.30. The van der Waals surface area contributed by atoms with E-state index in [2.05, 4.69) is 81.3 Å². The summed E-state index contributed by atoms with van der Waals surface area (Å²) in [6, 6.07) is 21.8. The van der Waals surface area contributed by atoms with Gasteiger partial charge in [0.05, 0.1) is 224 Å². The molecule has 0 saturated heterocycles. The zero-order valence-electron chi connectivity index (χ0n) is 56.8. The van der Waals surface area contributed by atoms with E-state index >= 15 is 0 Å². The Morgan fingerprint density at radius 2 is 0.500 bits per heavy atom. The molecule has 0 unspecified atom stereocenters. The zero-order chi connectivity index (χ0) is 66.1. The molecule has 6 aromatic rings. The number of methoxy groups -OCH3 is 6. The van der Waals surface area contributed by atoms with E-state index in [0.717, 1.165) is 57.3 Å². The summed E-state index contributed by atoms with van der Waals surface area (Å²) in [5, 5.41) is 20.8. The van der Waals surface area contributed by atoms with Crippen LogP contribution in [0.1, 0.15) is 44.5 Å². The maximum Gasteiger partial charge on any atom is 0.113 e. The van der Waals surface area contributed by atoms with Crippen LogP contribution in [0.25, 0.3) is 33.3 Å². The molecule has 0 amide bonds. The third-order valence-electron chi connectivity index (χ3n) is 15.1. The van der Waals surface area contributed by atoms with Gasteiger partial charge in [-0.2, -0.15) is 0 Å². The number of ether oxygens (including phenoxy) is 18. The molecule has 24 heteroatoms. The van der Waals surface area contributed by atoms with Crippen molar-refractivity contribution < 1.29 is 85.3 Å². The number of benzene rings is 4. The molecule has 524 valence electrons. The van der Waals surface area contributed by atoms with Crippen molar-refractivity contribution >= 4 is 10.8 Å². The molecule has 0 aliphatic heterocycles. The van der Waals surface area contributed by atoms with Crippen molar-refractivity contribution in [3.05, 3.63) is 118 Å². The molecule has 0 bridgehead atoms. The van der Waals surface area contributed by atoms with Crippen molar-refractivity contribution in [1.29, 1.82) is 0 Å². The Bertz CT molecular complexity index is 2620. The second-order valence-corrected chi connectivity index (χ2v) is 22.0. The average molecular weight is 1320 g/mol. The van der Waals surface area contributed by atoms with Crippen LogP contribution in [0.4, 0.5) is 0 Å². The standard InChI is InChI=1S/C70H106N6O18/c1-77-23-29-89-41-35-83-17-11-61-47-57(48-62(12-18-84-36-42-90-30-24-78-2)67(61)15-21-87-39-45-93-33-27-81-5)53-75-55-69(71-73-75)65-9-7-60-52-66(10-8-59(60)51-65)70-56-76(74-72-70)54-58-49-63(13-19-85-37-43-91-31-25-79-3)68(16-22-88-40-46-94-34-28-82-6)64(50-58)14-20-86-38-44-92-32-26-80-4/h7-10,47-52,55-56H,11-46,53-54H2,1-6H3. The first-order valence-electron chi connectivity index (χ1n) is 32.9. The maximum atomic E-state index is 6.09. The summed E-state index contributed by atoms with van der Waals surface area (Å²) in [6.07, 6.45) is 8.29. The molecule has 0 N–H and O–H groups in total. The fourth-order valence-corrected chi connectivity index (χ4v) is 10.3. The summed E-state index contributed by atoms with van der Waals surface area (Å²) in [5.74, 6) is 0. The number of nitrogens with zero attached hydrogens (tertiary/aromatic N) is 6. The van der Waals surface area contributed by atoms with Crippen LogP contribution < -0.4 is 0 Å². The zero-order valence-corrected chi connectivity index (χ0v) is 56.8. The van der Waals surface area contributed by atoms with Gasteiger partial charge in [0.25, 0.3) is 0 Å². The second kappa shape index (κ2) is 50.1. The topological polar surface area (TPSA) is 228 Å². The average Bonchev–Trinajstić information content (AvgIpc) is 1.37. The van der Waals surface area contributed by atoms with Gasteiger partial charge in [-0.15, -0.1) is 10.2 Å². The minimum atomic E-state index is 0.488. The second-order valence-electron chi connectivity index (χ2n) is 22.0. The quantitative estimate of drug-likeness (QED) is 0.0358. The van der Waals surface area contributed by atoms with Gasteiger partial charge in [-0.1, -0.05) is 59.0 Å². The van der Waals surface area contributed by atoms with Gasteiger partial charge in [0.1, 0.15) is 11.4 Å². The van der Waals surface area contributed by atoms with Gasteiger partial charge in [-0.25, -0.2) is 9.36 Å². The van der Waals surface area contributed by atoms with Gasteiger partial charge >= 0.3 is 0 Å². The van der Waals surface area contributed by atoms with Crippen LogP contribution >= 0.6 is 0 Å². The van der Waals surface area contributed by atoms with Gasteiger partial charge in [0.2, 0.25) is 0 Å². The molecule has 0 saturated carbocycles. The van der Waals surface area contributed by atoms with E-state index in [1.807, 2.05) is 21.8 Å². The molecule has 6 rings (SSSR count). The summed E-state index contributed by atoms with van der Waals surface area (Å²) in [5.41, 5.74) is 12.9. The fraction of sp³-hybridized carbons (Fsp3) is 0.629. The van der Waals surface area contributed by atoms with Gasteiger partial charge in [0.15, 0.2) is 0 Å². The van der Waals surface area contributed by atoms with E-state index in [-0.39, 0.29) is 0 Å². The number of hydrogen-bond acceptors (Lipinski definition) is 22. The van der Waals surface area contributed by atoms with Crippen molar-refractivity contribution in [2.24, 2.45) is 0 Å². The van der Waals surface area contributed by atoms with Crippen LogP contribution in [-0.2, 0) is 137 Å². The highest BCUT2D eigenvalue weighted by Crippen LogP contribution is 2.29. The van der Waals surface area contributed by atoms with Crippen LogP contribution in [0, 0.1) is 0 Å². The third-order valence-corrected chi connectivity index (χ3v) is 15.1. The largest absolute Gasteiger partial charge is 0.382 e. The predicted molar refractivity (Wildman–Crippen MR) is 356 cm³/mol. The lowest BCUT2D eigenvalue weighted by Gasteiger charge is -2.18. The molecule has 0 spiro atoms. The minimum Gasteiger partial charge on any atom is -0.382 e. The first-order valence-corrected chi connectivity index (χ1v) is 32.9. The molecule has 0 aliphatic carbocycles. The molecule has 0 radical (unpaired) electrons. The van der Waals surface area contributed by atoms with Crippen LogP contribution in [-0.4, -0.2) is 271 Å². The highest BCUT2D eigenvalue weighted by atomic mass is 16.6.